The van der Waals surface area contributed by atoms with Crippen LogP contribution in [-0.4, -0.2) is 36.1 Å². The van der Waals surface area contributed by atoms with E-state index in [1.54, 1.807) is 0 Å². The predicted molar refractivity (Wildman–Crippen MR) is 86.0 cm³/mol. The van der Waals surface area contributed by atoms with Crippen LogP contribution in [0.15, 0.2) is 28.7 Å². The maximum atomic E-state index is 3.89. The summed E-state index contributed by atoms with van der Waals surface area (Å²) >= 11 is 3.51. The van der Waals surface area contributed by atoms with Gasteiger partial charge in [-0.25, -0.2) is 0 Å². The lowest BCUT2D eigenvalue weighted by Gasteiger charge is -2.38. The Morgan fingerprint density at radius 1 is 1.00 bits per heavy atom. The molecule has 1 aliphatic heterocycles. The van der Waals surface area contributed by atoms with Crippen LogP contribution in [-0.2, 0) is 0 Å². The van der Waals surface area contributed by atoms with Crippen LogP contribution in [0.3, 0.4) is 0 Å². The van der Waals surface area contributed by atoms with E-state index in [9.17, 15) is 0 Å². The molecular formula is C17H23BrN2. The molecule has 1 heterocycles. The largest absolute Gasteiger partial charge is 0.310 e. The van der Waals surface area contributed by atoms with Crippen LogP contribution in [0.2, 0.25) is 0 Å². The standard InChI is InChI=1S/C17H23BrN2/c18-14-3-1-12(2-4-14)13-9-16(10-13)19-15-7-8-20(11-15)17-5-6-17/h1-4,13,15-17,19H,5-11H2. The van der Waals surface area contributed by atoms with Crippen molar-refractivity contribution in [1.82, 2.24) is 10.2 Å². The third-order valence-corrected chi connectivity index (χ3v) is 5.76. The zero-order valence-corrected chi connectivity index (χ0v) is 13.5. The summed E-state index contributed by atoms with van der Waals surface area (Å²) in [5.74, 6) is 0.779. The normalized spacial score (nSPS) is 34.1. The Labute approximate surface area is 130 Å². The van der Waals surface area contributed by atoms with Gasteiger partial charge in [-0.3, -0.25) is 4.90 Å². The van der Waals surface area contributed by atoms with Crippen LogP contribution in [0.25, 0.3) is 0 Å². The van der Waals surface area contributed by atoms with Crippen molar-refractivity contribution in [2.45, 2.75) is 56.1 Å². The number of rotatable bonds is 4. The molecule has 1 atom stereocenters. The van der Waals surface area contributed by atoms with Crippen molar-refractivity contribution in [3.05, 3.63) is 34.3 Å². The number of nitrogens with one attached hydrogen (secondary N) is 1. The molecule has 0 spiro atoms. The third kappa shape index (κ3) is 2.81. The fourth-order valence-electron chi connectivity index (χ4n) is 3.79. The second-order valence-electron chi connectivity index (χ2n) is 6.80. The summed E-state index contributed by atoms with van der Waals surface area (Å²) in [5.41, 5.74) is 1.51. The molecule has 2 aliphatic carbocycles. The van der Waals surface area contributed by atoms with Crippen molar-refractivity contribution >= 4 is 15.9 Å². The monoisotopic (exact) mass is 334 g/mol. The molecule has 0 bridgehead atoms. The van der Waals surface area contributed by atoms with E-state index < -0.39 is 0 Å². The van der Waals surface area contributed by atoms with E-state index in [4.69, 9.17) is 0 Å². The van der Waals surface area contributed by atoms with Gasteiger partial charge in [-0.15, -0.1) is 0 Å². The molecule has 3 fully saturated rings. The van der Waals surface area contributed by atoms with E-state index in [0.717, 1.165) is 24.0 Å². The van der Waals surface area contributed by atoms with Gasteiger partial charge in [0.2, 0.25) is 0 Å². The molecule has 108 valence electrons. The summed E-state index contributed by atoms with van der Waals surface area (Å²) in [6, 6.07) is 11.3. The topological polar surface area (TPSA) is 15.3 Å². The van der Waals surface area contributed by atoms with Gasteiger partial charge < -0.3 is 5.32 Å². The molecule has 1 N–H and O–H groups in total. The highest BCUT2D eigenvalue weighted by atomic mass is 79.9. The lowest BCUT2D eigenvalue weighted by atomic mass is 9.75. The molecule has 3 heteroatoms. The number of likely N-dealkylation sites (tertiary alicyclic amines) is 1. The van der Waals surface area contributed by atoms with Crippen molar-refractivity contribution in [1.29, 1.82) is 0 Å². The first-order valence-electron chi connectivity index (χ1n) is 8.03. The number of hydrogen-bond acceptors (Lipinski definition) is 2. The maximum Gasteiger partial charge on any atom is 0.0209 e. The fourth-order valence-corrected chi connectivity index (χ4v) is 4.05. The van der Waals surface area contributed by atoms with E-state index in [2.05, 4.69) is 50.4 Å². The molecular weight excluding hydrogens is 312 g/mol. The molecule has 1 saturated heterocycles. The van der Waals surface area contributed by atoms with Crippen LogP contribution >= 0.6 is 15.9 Å². The van der Waals surface area contributed by atoms with Crippen LogP contribution in [0.4, 0.5) is 0 Å². The molecule has 0 radical (unpaired) electrons. The zero-order valence-electron chi connectivity index (χ0n) is 11.9. The van der Waals surface area contributed by atoms with Gasteiger partial charge in [-0.2, -0.15) is 0 Å². The molecule has 3 aliphatic rings. The molecule has 20 heavy (non-hydrogen) atoms. The number of benzene rings is 1. The highest BCUT2D eigenvalue weighted by molar-refractivity contribution is 9.10. The minimum Gasteiger partial charge on any atom is -0.310 e. The first-order chi connectivity index (χ1) is 9.78. The van der Waals surface area contributed by atoms with E-state index in [-0.39, 0.29) is 0 Å². The quantitative estimate of drug-likeness (QED) is 0.906. The summed E-state index contributed by atoms with van der Waals surface area (Å²) in [5, 5.41) is 3.89. The fraction of sp³-hybridized carbons (Fsp3) is 0.647. The van der Waals surface area contributed by atoms with Crippen LogP contribution < -0.4 is 5.32 Å². The van der Waals surface area contributed by atoms with Crippen LogP contribution in [0.1, 0.15) is 43.6 Å². The molecule has 4 rings (SSSR count). The van der Waals surface area contributed by atoms with Gasteiger partial charge in [0.05, 0.1) is 0 Å². The number of halogens is 1. The molecule has 1 aromatic carbocycles. The highest BCUT2D eigenvalue weighted by Crippen LogP contribution is 2.38. The van der Waals surface area contributed by atoms with E-state index in [1.807, 2.05) is 0 Å². The first-order valence-corrected chi connectivity index (χ1v) is 8.83. The molecule has 2 nitrogen and oxygen atoms in total. The lowest BCUT2D eigenvalue weighted by molar-refractivity contribution is 0.255. The minimum absolute atomic E-state index is 0.756. The van der Waals surface area contributed by atoms with E-state index in [0.29, 0.717) is 0 Å². The Morgan fingerprint density at radius 3 is 2.45 bits per heavy atom. The van der Waals surface area contributed by atoms with Crippen molar-refractivity contribution in [2.75, 3.05) is 13.1 Å². The third-order valence-electron chi connectivity index (χ3n) is 5.23. The zero-order chi connectivity index (χ0) is 13.5. The van der Waals surface area contributed by atoms with Crippen molar-refractivity contribution in [2.24, 2.45) is 0 Å². The Balaban J connectivity index is 1.24. The average Bonchev–Trinajstić information content (AvgIpc) is 3.15. The predicted octanol–water partition coefficient (Wildman–Crippen LogP) is 3.52. The Morgan fingerprint density at radius 2 is 1.75 bits per heavy atom. The summed E-state index contributed by atoms with van der Waals surface area (Å²) in [4.78, 5) is 2.70. The van der Waals surface area contributed by atoms with Gasteiger partial charge in [0, 0.05) is 35.7 Å². The lowest BCUT2D eigenvalue weighted by Crippen LogP contribution is -2.46. The molecule has 0 amide bonds. The van der Waals surface area contributed by atoms with Crippen molar-refractivity contribution in [3.8, 4) is 0 Å². The van der Waals surface area contributed by atoms with Gasteiger partial charge in [0.15, 0.2) is 0 Å². The summed E-state index contributed by atoms with van der Waals surface area (Å²) in [6.07, 6.45) is 6.89. The smallest absolute Gasteiger partial charge is 0.0209 e. The van der Waals surface area contributed by atoms with Crippen molar-refractivity contribution in [3.63, 3.8) is 0 Å². The SMILES string of the molecule is Brc1ccc(C2CC(NC3CCN(C4CC4)C3)C2)cc1. The van der Waals surface area contributed by atoms with E-state index >= 15 is 0 Å². The summed E-state index contributed by atoms with van der Waals surface area (Å²) in [6.45, 7) is 2.62. The molecule has 0 aromatic heterocycles. The maximum absolute atomic E-state index is 3.89. The number of hydrogen-bond donors (Lipinski definition) is 1. The van der Waals surface area contributed by atoms with Crippen LogP contribution in [0.5, 0.6) is 0 Å². The number of nitrogens with zero attached hydrogens (tertiary/aromatic N) is 1. The Bertz CT molecular complexity index is 462. The van der Waals surface area contributed by atoms with Gasteiger partial charge >= 0.3 is 0 Å². The van der Waals surface area contributed by atoms with Gasteiger partial charge in [0.1, 0.15) is 0 Å². The highest BCUT2D eigenvalue weighted by Gasteiger charge is 2.37. The first kappa shape index (κ1) is 13.3. The van der Waals surface area contributed by atoms with Gasteiger partial charge in [-0.1, -0.05) is 28.1 Å². The molecule has 1 unspecified atom stereocenters. The second-order valence-corrected chi connectivity index (χ2v) is 7.71. The second kappa shape index (κ2) is 5.43. The minimum atomic E-state index is 0.756. The Kier molecular flexibility index (Phi) is 3.61. The molecule has 2 saturated carbocycles. The Hall–Kier alpha value is -0.380. The van der Waals surface area contributed by atoms with E-state index in [1.165, 1.54) is 55.2 Å². The van der Waals surface area contributed by atoms with Gasteiger partial charge in [-0.05, 0) is 55.7 Å². The van der Waals surface area contributed by atoms with Crippen molar-refractivity contribution < 1.29 is 0 Å². The van der Waals surface area contributed by atoms with Gasteiger partial charge in [0.25, 0.3) is 0 Å². The summed E-state index contributed by atoms with van der Waals surface area (Å²) in [7, 11) is 0. The van der Waals surface area contributed by atoms with Crippen LogP contribution in [0, 0.1) is 0 Å². The summed E-state index contributed by atoms with van der Waals surface area (Å²) < 4.78 is 1.18. The molecule has 1 aromatic rings. The average molecular weight is 335 g/mol.